The van der Waals surface area contributed by atoms with Crippen LogP contribution in [0, 0.1) is 5.92 Å². The highest BCUT2D eigenvalue weighted by Gasteiger charge is 2.37. The smallest absolute Gasteiger partial charge is 0.334 e. The van der Waals surface area contributed by atoms with Crippen molar-refractivity contribution in [3.8, 4) is 0 Å². The molecule has 0 bridgehead atoms. The molecule has 0 amide bonds. The van der Waals surface area contributed by atoms with Gasteiger partial charge in [0, 0.05) is 11.5 Å². The molecule has 0 radical (unpaired) electrons. The molecule has 1 saturated heterocycles. The van der Waals surface area contributed by atoms with Gasteiger partial charge in [-0.1, -0.05) is 12.7 Å². The summed E-state index contributed by atoms with van der Waals surface area (Å²) in [4.78, 5) is 22.5. The molecule has 0 aromatic heterocycles. The second-order valence-corrected chi connectivity index (χ2v) is 4.96. The number of aliphatic hydroxyl groups excluding tert-OH is 1. The van der Waals surface area contributed by atoms with Crippen LogP contribution in [0.1, 0.15) is 25.7 Å². The molecule has 4 heteroatoms. The Kier molecular flexibility index (Phi) is 4.32. The van der Waals surface area contributed by atoms with E-state index in [1.807, 2.05) is 12.2 Å². The van der Waals surface area contributed by atoms with Gasteiger partial charge in [0.15, 0.2) is 0 Å². The molecule has 1 aliphatic carbocycles. The fraction of sp³-hybridized carbons (Fsp3) is 0.467. The molecule has 1 N–H and O–H groups in total. The van der Waals surface area contributed by atoms with Crippen molar-refractivity contribution in [2.24, 2.45) is 5.92 Å². The summed E-state index contributed by atoms with van der Waals surface area (Å²) in [6.45, 7) is 3.72. The first-order valence-corrected chi connectivity index (χ1v) is 6.50. The zero-order valence-corrected chi connectivity index (χ0v) is 10.8. The summed E-state index contributed by atoms with van der Waals surface area (Å²) in [6.07, 6.45) is 6.91. The number of hydrogen-bond acceptors (Lipinski definition) is 4. The van der Waals surface area contributed by atoms with Gasteiger partial charge in [0.25, 0.3) is 0 Å². The maximum Gasteiger partial charge on any atom is 0.334 e. The van der Waals surface area contributed by atoms with Gasteiger partial charge in [0.2, 0.25) is 0 Å². The van der Waals surface area contributed by atoms with Crippen LogP contribution >= 0.6 is 0 Å². The third-order valence-electron chi connectivity index (χ3n) is 3.72. The minimum absolute atomic E-state index is 0.0580. The molecular formula is C15H18O4. The van der Waals surface area contributed by atoms with E-state index < -0.39 is 0 Å². The van der Waals surface area contributed by atoms with E-state index in [4.69, 9.17) is 4.74 Å². The highest BCUT2D eigenvalue weighted by Crippen LogP contribution is 2.33. The highest BCUT2D eigenvalue weighted by molar-refractivity contribution is 5.91. The van der Waals surface area contributed by atoms with Gasteiger partial charge in [-0.15, -0.1) is 0 Å². The van der Waals surface area contributed by atoms with Crippen molar-refractivity contribution in [1.29, 1.82) is 0 Å². The van der Waals surface area contributed by atoms with Gasteiger partial charge in [-0.3, -0.25) is 4.79 Å². The summed E-state index contributed by atoms with van der Waals surface area (Å²) in [5.41, 5.74) is 2.04. The van der Waals surface area contributed by atoms with E-state index in [1.54, 1.807) is 0 Å². The van der Waals surface area contributed by atoms with Gasteiger partial charge in [-0.05, 0) is 42.9 Å². The van der Waals surface area contributed by atoms with Gasteiger partial charge in [-0.2, -0.15) is 0 Å². The van der Waals surface area contributed by atoms with Crippen molar-refractivity contribution in [3.63, 3.8) is 0 Å². The van der Waals surface area contributed by atoms with Gasteiger partial charge >= 0.3 is 5.97 Å². The lowest BCUT2D eigenvalue weighted by Crippen LogP contribution is -2.16. The summed E-state index contributed by atoms with van der Waals surface area (Å²) >= 11 is 0. The molecule has 2 atom stereocenters. The van der Waals surface area contributed by atoms with Gasteiger partial charge in [0.05, 0.1) is 6.61 Å². The lowest BCUT2D eigenvalue weighted by atomic mass is 9.88. The maximum atomic E-state index is 11.6. The molecule has 2 rings (SSSR count). The third-order valence-corrected chi connectivity index (χ3v) is 3.72. The summed E-state index contributed by atoms with van der Waals surface area (Å²) < 4.78 is 5.28. The van der Waals surface area contributed by atoms with Crippen LogP contribution in [-0.2, 0) is 14.3 Å². The first-order chi connectivity index (χ1) is 9.15. The van der Waals surface area contributed by atoms with E-state index in [9.17, 15) is 14.7 Å². The zero-order chi connectivity index (χ0) is 13.8. The van der Waals surface area contributed by atoms with Crippen LogP contribution in [0.3, 0.4) is 0 Å². The number of aldehydes is 1. The Hall–Kier alpha value is -1.68. The second-order valence-electron chi connectivity index (χ2n) is 4.96. The van der Waals surface area contributed by atoms with Crippen LogP contribution in [-0.4, -0.2) is 30.1 Å². The number of aliphatic hydroxyl groups is 1. The van der Waals surface area contributed by atoms with Crippen molar-refractivity contribution in [1.82, 2.24) is 0 Å². The molecule has 0 saturated carbocycles. The standard InChI is InChI=1S/C15H18O4/c1-10-13-6-5-11(8-16)3-2-4-12(9-17)7-14(13)19-15(10)18/h3,7-8,13-14,17H,1-2,4-6,9H2/t13-,14+/m0/s1. The van der Waals surface area contributed by atoms with Crippen molar-refractivity contribution in [2.75, 3.05) is 6.61 Å². The van der Waals surface area contributed by atoms with E-state index in [-0.39, 0.29) is 24.6 Å². The lowest BCUT2D eigenvalue weighted by molar-refractivity contribution is -0.137. The Bertz CT molecular complexity index is 459. The molecule has 1 heterocycles. The van der Waals surface area contributed by atoms with Crippen LogP contribution in [0.15, 0.2) is 35.5 Å². The third kappa shape index (κ3) is 3.01. The average molecular weight is 262 g/mol. The van der Waals surface area contributed by atoms with E-state index in [2.05, 4.69) is 6.58 Å². The fourth-order valence-electron chi connectivity index (χ4n) is 2.54. The Labute approximate surface area is 112 Å². The number of rotatable bonds is 2. The molecule has 0 aromatic carbocycles. The molecule has 0 spiro atoms. The molecule has 19 heavy (non-hydrogen) atoms. The van der Waals surface area contributed by atoms with Crippen molar-refractivity contribution in [2.45, 2.75) is 31.8 Å². The van der Waals surface area contributed by atoms with Crippen LogP contribution in [0.2, 0.25) is 0 Å². The predicted octanol–water partition coefficient (Wildman–Crippen LogP) is 1.70. The largest absolute Gasteiger partial charge is 0.454 e. The van der Waals surface area contributed by atoms with E-state index >= 15 is 0 Å². The number of fused-ring (bicyclic) bond motifs is 1. The zero-order valence-electron chi connectivity index (χ0n) is 10.8. The minimum Gasteiger partial charge on any atom is -0.454 e. The number of hydrogen-bond donors (Lipinski definition) is 1. The molecule has 1 aliphatic heterocycles. The topological polar surface area (TPSA) is 63.6 Å². The molecule has 4 nitrogen and oxygen atoms in total. The van der Waals surface area contributed by atoms with Gasteiger partial charge in [-0.25, -0.2) is 4.79 Å². The van der Waals surface area contributed by atoms with Crippen molar-refractivity contribution in [3.05, 3.63) is 35.5 Å². The SMILES string of the molecule is C=C1C(=O)O[C@@H]2C=C(CO)CCC=C(C=O)CC[C@@H]12. The van der Waals surface area contributed by atoms with E-state index in [1.165, 1.54) is 0 Å². The summed E-state index contributed by atoms with van der Waals surface area (Å²) in [6, 6.07) is 0. The minimum atomic E-state index is -0.376. The Morgan fingerprint density at radius 1 is 1.47 bits per heavy atom. The van der Waals surface area contributed by atoms with Gasteiger partial charge < -0.3 is 9.84 Å². The average Bonchev–Trinajstić information content (AvgIpc) is 2.68. The molecular weight excluding hydrogens is 244 g/mol. The predicted molar refractivity (Wildman–Crippen MR) is 70.3 cm³/mol. The van der Waals surface area contributed by atoms with Crippen LogP contribution in [0.25, 0.3) is 0 Å². The molecule has 0 aromatic rings. The molecule has 0 unspecified atom stereocenters. The van der Waals surface area contributed by atoms with Crippen molar-refractivity contribution < 1.29 is 19.4 Å². The number of allylic oxidation sites excluding steroid dienone is 2. The van der Waals surface area contributed by atoms with Crippen LogP contribution in [0.5, 0.6) is 0 Å². The number of esters is 1. The van der Waals surface area contributed by atoms with E-state index in [0.717, 1.165) is 17.4 Å². The normalized spacial score (nSPS) is 28.1. The summed E-state index contributed by atoms with van der Waals surface area (Å²) in [7, 11) is 0. The molecule has 1 fully saturated rings. The van der Waals surface area contributed by atoms with Crippen molar-refractivity contribution >= 4 is 12.3 Å². The first-order valence-electron chi connectivity index (χ1n) is 6.50. The quantitative estimate of drug-likeness (QED) is 0.356. The summed E-state index contributed by atoms with van der Waals surface area (Å²) in [5, 5.41) is 9.32. The maximum absolute atomic E-state index is 11.6. The lowest BCUT2D eigenvalue weighted by Gasteiger charge is -2.17. The number of carbonyl (C=O) groups is 2. The van der Waals surface area contributed by atoms with E-state index in [0.29, 0.717) is 31.3 Å². The fourth-order valence-corrected chi connectivity index (χ4v) is 2.54. The monoisotopic (exact) mass is 262 g/mol. The number of carbonyl (C=O) groups excluding carboxylic acids is 2. The highest BCUT2D eigenvalue weighted by atomic mass is 16.5. The Morgan fingerprint density at radius 2 is 2.26 bits per heavy atom. The second kappa shape index (κ2) is 5.97. The first kappa shape index (κ1) is 13.7. The summed E-state index contributed by atoms with van der Waals surface area (Å²) in [5.74, 6) is -0.477. The van der Waals surface area contributed by atoms with Crippen LogP contribution < -0.4 is 0 Å². The Balaban J connectivity index is 2.27. The molecule has 2 aliphatic rings. The number of ether oxygens (including phenoxy) is 1. The molecule has 102 valence electrons. The van der Waals surface area contributed by atoms with Crippen LogP contribution in [0.4, 0.5) is 0 Å². The van der Waals surface area contributed by atoms with Gasteiger partial charge in [0.1, 0.15) is 12.4 Å². The Morgan fingerprint density at radius 3 is 2.95 bits per heavy atom.